The van der Waals surface area contributed by atoms with Gasteiger partial charge in [0, 0.05) is 45.1 Å². The zero-order valence-electron chi connectivity index (χ0n) is 15.5. The van der Waals surface area contributed by atoms with E-state index in [9.17, 15) is 23.2 Å². The molecule has 0 aromatic heterocycles. The fraction of sp³-hybridized carbons (Fsp3) is 0.526. The molecular weight excluding hydrogens is 358 g/mol. The maximum Gasteiger partial charge on any atom is 0.305 e. The zero-order valence-corrected chi connectivity index (χ0v) is 15.5. The van der Waals surface area contributed by atoms with Gasteiger partial charge in [0.25, 0.3) is 5.91 Å². The smallest absolute Gasteiger partial charge is 0.305 e. The highest BCUT2D eigenvalue weighted by Gasteiger charge is 2.30. The molecule has 0 N–H and O–H groups in total. The molecule has 0 unspecified atom stereocenters. The van der Waals surface area contributed by atoms with E-state index < -0.39 is 17.5 Å². The van der Waals surface area contributed by atoms with E-state index in [1.807, 2.05) is 0 Å². The van der Waals surface area contributed by atoms with Crippen LogP contribution in [0.5, 0.6) is 0 Å². The molecular formula is C19H24F2N2O4. The van der Waals surface area contributed by atoms with Crippen LogP contribution in [-0.2, 0) is 14.3 Å². The Morgan fingerprint density at radius 1 is 1.22 bits per heavy atom. The maximum atomic E-state index is 13.8. The van der Waals surface area contributed by atoms with Crippen LogP contribution in [0, 0.1) is 17.6 Å². The van der Waals surface area contributed by atoms with Crippen LogP contribution in [0.1, 0.15) is 36.0 Å². The Labute approximate surface area is 157 Å². The highest BCUT2D eigenvalue weighted by molar-refractivity contribution is 5.94. The normalized spacial score (nSPS) is 14.7. The van der Waals surface area contributed by atoms with Gasteiger partial charge in [0.15, 0.2) is 0 Å². The first-order valence-electron chi connectivity index (χ1n) is 8.89. The molecule has 2 amide bonds. The molecule has 1 heterocycles. The summed E-state index contributed by atoms with van der Waals surface area (Å²) in [5.74, 6) is -2.66. The minimum absolute atomic E-state index is 0.0278. The molecule has 0 atom stereocenters. The van der Waals surface area contributed by atoms with Gasteiger partial charge in [-0.2, -0.15) is 0 Å². The number of hydrogen-bond donors (Lipinski definition) is 0. The van der Waals surface area contributed by atoms with Gasteiger partial charge in [-0.25, -0.2) is 8.78 Å². The summed E-state index contributed by atoms with van der Waals surface area (Å²) in [7, 11) is 3.01. The number of methoxy groups -OCH3 is 1. The molecule has 1 saturated heterocycles. The summed E-state index contributed by atoms with van der Waals surface area (Å²) in [4.78, 5) is 39.1. The summed E-state index contributed by atoms with van der Waals surface area (Å²) in [5.41, 5.74) is -0.166. The first-order valence-corrected chi connectivity index (χ1v) is 8.89. The monoisotopic (exact) mass is 382 g/mol. The summed E-state index contributed by atoms with van der Waals surface area (Å²) in [6, 6.07) is 2.88. The molecule has 0 saturated carbocycles. The molecule has 0 spiro atoms. The number of benzene rings is 1. The van der Waals surface area contributed by atoms with E-state index in [1.165, 1.54) is 12.0 Å². The average molecular weight is 382 g/mol. The van der Waals surface area contributed by atoms with Crippen molar-refractivity contribution in [3.63, 3.8) is 0 Å². The van der Waals surface area contributed by atoms with Crippen LogP contribution < -0.4 is 0 Å². The van der Waals surface area contributed by atoms with E-state index in [1.54, 1.807) is 11.9 Å². The fourth-order valence-electron chi connectivity index (χ4n) is 3.15. The van der Waals surface area contributed by atoms with Gasteiger partial charge in [-0.05, 0) is 31.4 Å². The molecule has 1 aromatic rings. The van der Waals surface area contributed by atoms with Crippen LogP contribution >= 0.6 is 0 Å². The lowest BCUT2D eigenvalue weighted by molar-refractivity contribution is -0.141. The molecule has 1 fully saturated rings. The van der Waals surface area contributed by atoms with Crippen molar-refractivity contribution in [2.24, 2.45) is 5.92 Å². The lowest BCUT2D eigenvalue weighted by Crippen LogP contribution is -2.43. The number of nitrogens with zero attached hydrogens (tertiary/aromatic N) is 2. The molecule has 8 heteroatoms. The van der Waals surface area contributed by atoms with Crippen LogP contribution in [0.15, 0.2) is 18.2 Å². The van der Waals surface area contributed by atoms with Crippen LogP contribution in [-0.4, -0.2) is 61.4 Å². The SMILES string of the molecule is COC(=O)CCCN(C)C(=O)C1CCN(C(=O)c2ccc(F)cc2F)CC1. The van der Waals surface area contributed by atoms with Gasteiger partial charge in [-0.15, -0.1) is 0 Å². The van der Waals surface area contributed by atoms with E-state index in [0.29, 0.717) is 45.0 Å². The Bertz CT molecular complexity index is 703. The molecule has 148 valence electrons. The second-order valence-corrected chi connectivity index (χ2v) is 6.63. The van der Waals surface area contributed by atoms with Gasteiger partial charge in [-0.3, -0.25) is 14.4 Å². The quantitative estimate of drug-likeness (QED) is 0.708. The first-order chi connectivity index (χ1) is 12.8. The third-order valence-electron chi connectivity index (χ3n) is 4.77. The number of rotatable bonds is 6. The van der Waals surface area contributed by atoms with Crippen molar-refractivity contribution in [1.82, 2.24) is 9.80 Å². The highest BCUT2D eigenvalue weighted by Crippen LogP contribution is 2.22. The summed E-state index contributed by atoms with van der Waals surface area (Å²) < 4.78 is 31.3. The Morgan fingerprint density at radius 3 is 2.48 bits per heavy atom. The van der Waals surface area contributed by atoms with Gasteiger partial charge in [0.05, 0.1) is 12.7 Å². The Kier molecular flexibility index (Phi) is 7.27. The molecule has 0 radical (unpaired) electrons. The number of amides is 2. The summed E-state index contributed by atoms with van der Waals surface area (Å²) in [5, 5.41) is 0. The molecule has 2 rings (SSSR count). The second-order valence-electron chi connectivity index (χ2n) is 6.63. The van der Waals surface area contributed by atoms with Crippen molar-refractivity contribution in [2.45, 2.75) is 25.7 Å². The van der Waals surface area contributed by atoms with Gasteiger partial charge in [0.1, 0.15) is 11.6 Å². The number of carbonyl (C=O) groups is 3. The van der Waals surface area contributed by atoms with E-state index in [-0.39, 0.29) is 29.8 Å². The minimum atomic E-state index is -0.886. The van der Waals surface area contributed by atoms with Gasteiger partial charge in [0.2, 0.25) is 5.91 Å². The largest absolute Gasteiger partial charge is 0.469 e. The van der Waals surface area contributed by atoms with Gasteiger partial charge in [-0.1, -0.05) is 0 Å². The lowest BCUT2D eigenvalue weighted by Gasteiger charge is -2.33. The highest BCUT2D eigenvalue weighted by atomic mass is 19.1. The zero-order chi connectivity index (χ0) is 20.0. The van der Waals surface area contributed by atoms with E-state index in [2.05, 4.69) is 4.74 Å². The molecule has 1 aliphatic rings. The van der Waals surface area contributed by atoms with Crippen LogP contribution in [0.3, 0.4) is 0 Å². The maximum absolute atomic E-state index is 13.8. The third kappa shape index (κ3) is 5.48. The van der Waals surface area contributed by atoms with Crippen molar-refractivity contribution < 1.29 is 27.9 Å². The number of hydrogen-bond acceptors (Lipinski definition) is 4. The number of piperidine rings is 1. The Hall–Kier alpha value is -2.51. The Balaban J connectivity index is 1.84. The lowest BCUT2D eigenvalue weighted by atomic mass is 9.94. The second kappa shape index (κ2) is 9.43. The van der Waals surface area contributed by atoms with E-state index >= 15 is 0 Å². The van der Waals surface area contributed by atoms with Crippen LogP contribution in [0.25, 0.3) is 0 Å². The molecule has 0 aliphatic carbocycles. The van der Waals surface area contributed by atoms with Gasteiger partial charge < -0.3 is 14.5 Å². The molecule has 0 bridgehead atoms. The van der Waals surface area contributed by atoms with Crippen molar-refractivity contribution in [3.05, 3.63) is 35.4 Å². The predicted molar refractivity (Wildman–Crippen MR) is 93.9 cm³/mol. The average Bonchev–Trinajstić information content (AvgIpc) is 2.66. The predicted octanol–water partition coefficient (Wildman–Crippen LogP) is 2.23. The van der Waals surface area contributed by atoms with Crippen molar-refractivity contribution >= 4 is 17.8 Å². The number of likely N-dealkylation sites (tertiary alicyclic amines) is 1. The molecule has 1 aliphatic heterocycles. The Morgan fingerprint density at radius 2 is 1.89 bits per heavy atom. The number of ether oxygens (including phenoxy) is 1. The molecule has 1 aromatic carbocycles. The van der Waals surface area contributed by atoms with Crippen LogP contribution in [0.2, 0.25) is 0 Å². The van der Waals surface area contributed by atoms with E-state index in [4.69, 9.17) is 0 Å². The van der Waals surface area contributed by atoms with Crippen molar-refractivity contribution in [3.8, 4) is 0 Å². The van der Waals surface area contributed by atoms with Gasteiger partial charge >= 0.3 is 5.97 Å². The number of halogens is 2. The summed E-state index contributed by atoms with van der Waals surface area (Å²) in [6.45, 7) is 1.12. The summed E-state index contributed by atoms with van der Waals surface area (Å²) in [6.07, 6.45) is 1.74. The topological polar surface area (TPSA) is 66.9 Å². The molecule has 27 heavy (non-hydrogen) atoms. The minimum Gasteiger partial charge on any atom is -0.469 e. The fourth-order valence-corrected chi connectivity index (χ4v) is 3.15. The number of esters is 1. The van der Waals surface area contributed by atoms with Crippen molar-refractivity contribution in [1.29, 1.82) is 0 Å². The standard InChI is InChI=1S/C19H24F2N2O4/c1-22(9-3-4-17(24)27-2)18(25)13-7-10-23(11-8-13)19(26)15-6-5-14(20)12-16(15)21/h5-6,12-13H,3-4,7-11H2,1-2H3. The first kappa shape index (κ1) is 20.8. The van der Waals surface area contributed by atoms with E-state index in [0.717, 1.165) is 12.1 Å². The summed E-state index contributed by atoms with van der Waals surface area (Å²) >= 11 is 0. The van der Waals surface area contributed by atoms with Crippen molar-refractivity contribution in [2.75, 3.05) is 33.8 Å². The molecule has 6 nitrogen and oxygen atoms in total. The number of carbonyl (C=O) groups excluding carboxylic acids is 3. The van der Waals surface area contributed by atoms with Crippen LogP contribution in [0.4, 0.5) is 8.78 Å². The third-order valence-corrected chi connectivity index (χ3v) is 4.77.